The summed E-state index contributed by atoms with van der Waals surface area (Å²) in [5, 5.41) is 9.86. The zero-order chi connectivity index (χ0) is 15.0. The molecule has 21 heavy (non-hydrogen) atoms. The molecule has 1 fully saturated rings. The van der Waals surface area contributed by atoms with Crippen LogP contribution in [0.3, 0.4) is 0 Å². The minimum atomic E-state index is -3.83. The number of aliphatic carboxylic acids is 1. The van der Waals surface area contributed by atoms with Gasteiger partial charge in [-0.05, 0) is 25.0 Å². The number of sulfonamides is 1. The second kappa shape index (κ2) is 5.09. The van der Waals surface area contributed by atoms with Crippen LogP contribution in [0.15, 0.2) is 41.4 Å². The SMILES string of the molecule is O=C(O)C1CCCN1S(=O)(=O)c1cnc2ccccc2c1. The maximum Gasteiger partial charge on any atom is 0.322 e. The van der Waals surface area contributed by atoms with Crippen LogP contribution in [-0.4, -0.2) is 41.4 Å². The van der Waals surface area contributed by atoms with Crippen molar-refractivity contribution in [1.82, 2.24) is 9.29 Å². The summed E-state index contributed by atoms with van der Waals surface area (Å²) in [6.45, 7) is 0.228. The first kappa shape index (κ1) is 14.0. The van der Waals surface area contributed by atoms with E-state index in [-0.39, 0.29) is 11.4 Å². The van der Waals surface area contributed by atoms with E-state index in [0.29, 0.717) is 23.7 Å². The standard InChI is InChI=1S/C14H14N2O4S/c17-14(18)13-6-3-7-16(13)21(19,20)11-8-10-4-1-2-5-12(10)15-9-11/h1-2,4-5,8-9,13H,3,6-7H2,(H,17,18). The summed E-state index contributed by atoms with van der Waals surface area (Å²) < 4.78 is 26.3. The molecule has 0 bridgehead atoms. The van der Waals surface area contributed by atoms with E-state index in [1.807, 2.05) is 6.07 Å². The lowest BCUT2D eigenvalue weighted by Crippen LogP contribution is -2.40. The van der Waals surface area contributed by atoms with E-state index in [1.165, 1.54) is 12.3 Å². The maximum atomic E-state index is 12.6. The van der Waals surface area contributed by atoms with Crippen LogP contribution in [0.2, 0.25) is 0 Å². The van der Waals surface area contributed by atoms with Gasteiger partial charge in [-0.2, -0.15) is 4.31 Å². The molecule has 6 nitrogen and oxygen atoms in total. The largest absolute Gasteiger partial charge is 0.480 e. The number of carboxylic acid groups (broad SMARTS) is 1. The Labute approximate surface area is 122 Å². The number of benzene rings is 1. The predicted molar refractivity (Wildman–Crippen MR) is 76.3 cm³/mol. The van der Waals surface area contributed by atoms with Crippen molar-refractivity contribution in [2.75, 3.05) is 6.54 Å². The van der Waals surface area contributed by atoms with Crippen molar-refractivity contribution in [1.29, 1.82) is 0 Å². The zero-order valence-corrected chi connectivity index (χ0v) is 12.0. The summed E-state index contributed by atoms with van der Waals surface area (Å²) in [6.07, 6.45) is 2.18. The number of fused-ring (bicyclic) bond motifs is 1. The van der Waals surface area contributed by atoms with Gasteiger partial charge in [-0.1, -0.05) is 18.2 Å². The molecule has 1 aromatic carbocycles. The number of rotatable bonds is 3. The number of pyridine rings is 1. The molecule has 0 amide bonds. The third-order valence-electron chi connectivity index (χ3n) is 3.66. The molecule has 7 heteroatoms. The Balaban J connectivity index is 2.05. The topological polar surface area (TPSA) is 87.6 Å². The molecule has 0 saturated carbocycles. The van der Waals surface area contributed by atoms with Crippen LogP contribution >= 0.6 is 0 Å². The first-order chi connectivity index (χ1) is 10.00. The van der Waals surface area contributed by atoms with Crippen LogP contribution in [0.4, 0.5) is 0 Å². The van der Waals surface area contributed by atoms with Crippen LogP contribution in [0.1, 0.15) is 12.8 Å². The number of carbonyl (C=O) groups is 1. The Morgan fingerprint density at radius 2 is 2.10 bits per heavy atom. The smallest absolute Gasteiger partial charge is 0.322 e. The van der Waals surface area contributed by atoms with Gasteiger partial charge in [0.15, 0.2) is 0 Å². The van der Waals surface area contributed by atoms with Gasteiger partial charge in [-0.3, -0.25) is 9.78 Å². The van der Waals surface area contributed by atoms with E-state index >= 15 is 0 Å². The minimum absolute atomic E-state index is 0.0364. The molecule has 3 rings (SSSR count). The summed E-state index contributed by atoms with van der Waals surface area (Å²) in [7, 11) is -3.83. The molecular formula is C14H14N2O4S. The first-order valence-electron chi connectivity index (χ1n) is 6.59. The van der Waals surface area contributed by atoms with E-state index in [9.17, 15) is 13.2 Å². The van der Waals surface area contributed by atoms with Crippen molar-refractivity contribution in [3.63, 3.8) is 0 Å². The quantitative estimate of drug-likeness (QED) is 0.928. The van der Waals surface area contributed by atoms with E-state index in [0.717, 1.165) is 4.31 Å². The lowest BCUT2D eigenvalue weighted by atomic mass is 10.2. The number of carboxylic acids is 1. The Morgan fingerprint density at radius 3 is 2.86 bits per heavy atom. The van der Waals surface area contributed by atoms with Crippen molar-refractivity contribution in [3.8, 4) is 0 Å². The van der Waals surface area contributed by atoms with Crippen LogP contribution in [0.5, 0.6) is 0 Å². The van der Waals surface area contributed by atoms with Crippen LogP contribution in [-0.2, 0) is 14.8 Å². The maximum absolute atomic E-state index is 12.6. The second-order valence-corrected chi connectivity index (χ2v) is 6.87. The Hall–Kier alpha value is -1.99. The molecule has 1 aliphatic heterocycles. The Bertz CT molecular complexity index is 803. The third-order valence-corrected chi connectivity index (χ3v) is 5.53. The Kier molecular flexibility index (Phi) is 3.38. The number of hydrogen-bond acceptors (Lipinski definition) is 4. The van der Waals surface area contributed by atoms with Gasteiger partial charge >= 0.3 is 5.97 Å². The summed E-state index contributed by atoms with van der Waals surface area (Å²) in [5.74, 6) is -1.11. The highest BCUT2D eigenvalue weighted by Gasteiger charge is 2.39. The molecule has 110 valence electrons. The lowest BCUT2D eigenvalue weighted by Gasteiger charge is -2.20. The van der Waals surface area contributed by atoms with Crippen LogP contribution < -0.4 is 0 Å². The van der Waals surface area contributed by atoms with E-state index < -0.39 is 22.0 Å². The fourth-order valence-corrected chi connectivity index (χ4v) is 4.23. The third kappa shape index (κ3) is 2.38. The predicted octanol–water partition coefficient (Wildman–Crippen LogP) is 1.47. The van der Waals surface area contributed by atoms with Gasteiger partial charge in [0.05, 0.1) is 5.52 Å². The summed E-state index contributed by atoms with van der Waals surface area (Å²) in [5.41, 5.74) is 0.702. The van der Waals surface area contributed by atoms with Gasteiger partial charge in [-0.15, -0.1) is 0 Å². The average molecular weight is 306 g/mol. The van der Waals surface area contributed by atoms with Crippen LogP contribution in [0.25, 0.3) is 10.9 Å². The fourth-order valence-electron chi connectivity index (χ4n) is 2.60. The van der Waals surface area contributed by atoms with Crippen molar-refractivity contribution >= 4 is 26.9 Å². The zero-order valence-electron chi connectivity index (χ0n) is 11.1. The summed E-state index contributed by atoms with van der Waals surface area (Å²) in [6, 6.07) is 7.75. The molecule has 0 spiro atoms. The van der Waals surface area contributed by atoms with Gasteiger partial charge in [0.25, 0.3) is 0 Å². The molecule has 0 aliphatic carbocycles. The lowest BCUT2D eigenvalue weighted by molar-refractivity contribution is -0.140. The molecular weight excluding hydrogens is 292 g/mol. The molecule has 1 unspecified atom stereocenters. The van der Waals surface area contributed by atoms with Gasteiger partial charge in [0, 0.05) is 18.1 Å². The fraction of sp³-hybridized carbons (Fsp3) is 0.286. The molecule has 2 aromatic rings. The van der Waals surface area contributed by atoms with E-state index in [4.69, 9.17) is 5.11 Å². The molecule has 1 N–H and O–H groups in total. The molecule has 1 atom stereocenters. The Morgan fingerprint density at radius 1 is 1.33 bits per heavy atom. The second-order valence-electron chi connectivity index (χ2n) is 4.98. The van der Waals surface area contributed by atoms with Gasteiger partial charge in [0.1, 0.15) is 10.9 Å². The van der Waals surface area contributed by atoms with Crippen LogP contribution in [0, 0.1) is 0 Å². The number of hydrogen-bond donors (Lipinski definition) is 1. The highest BCUT2D eigenvalue weighted by molar-refractivity contribution is 7.89. The highest BCUT2D eigenvalue weighted by Crippen LogP contribution is 2.27. The van der Waals surface area contributed by atoms with Crippen molar-refractivity contribution in [2.24, 2.45) is 0 Å². The number of para-hydroxylation sites is 1. The molecule has 2 heterocycles. The van der Waals surface area contributed by atoms with Crippen molar-refractivity contribution in [3.05, 3.63) is 36.5 Å². The minimum Gasteiger partial charge on any atom is -0.480 e. The summed E-state index contributed by atoms with van der Waals surface area (Å²) in [4.78, 5) is 15.4. The van der Waals surface area contributed by atoms with Crippen molar-refractivity contribution < 1.29 is 18.3 Å². The van der Waals surface area contributed by atoms with E-state index in [2.05, 4.69) is 4.98 Å². The highest BCUT2D eigenvalue weighted by atomic mass is 32.2. The molecule has 0 radical (unpaired) electrons. The normalized spacial score (nSPS) is 19.9. The number of aromatic nitrogens is 1. The monoisotopic (exact) mass is 306 g/mol. The summed E-state index contributed by atoms with van der Waals surface area (Å²) >= 11 is 0. The molecule has 1 saturated heterocycles. The van der Waals surface area contributed by atoms with Crippen molar-refractivity contribution in [2.45, 2.75) is 23.8 Å². The molecule has 1 aromatic heterocycles. The number of nitrogens with zero attached hydrogens (tertiary/aromatic N) is 2. The van der Waals surface area contributed by atoms with Gasteiger partial charge < -0.3 is 5.11 Å². The average Bonchev–Trinajstić information content (AvgIpc) is 2.97. The van der Waals surface area contributed by atoms with E-state index in [1.54, 1.807) is 18.2 Å². The molecule has 1 aliphatic rings. The van der Waals surface area contributed by atoms with Gasteiger partial charge in [0.2, 0.25) is 10.0 Å². The van der Waals surface area contributed by atoms with Gasteiger partial charge in [-0.25, -0.2) is 8.42 Å². The first-order valence-corrected chi connectivity index (χ1v) is 8.03.